The van der Waals surface area contributed by atoms with E-state index in [2.05, 4.69) is 15.6 Å². The Balaban J connectivity index is 2.28. The third-order valence-electron chi connectivity index (χ3n) is 2.54. The predicted molar refractivity (Wildman–Crippen MR) is 51.5 cm³/mol. The van der Waals surface area contributed by atoms with Gasteiger partial charge in [-0.3, -0.25) is 0 Å². The minimum Gasteiger partial charge on any atom is -0.327 e. The zero-order chi connectivity index (χ0) is 9.54. The van der Waals surface area contributed by atoms with Crippen LogP contribution in [0.5, 0.6) is 0 Å². The van der Waals surface area contributed by atoms with Crippen molar-refractivity contribution in [1.29, 1.82) is 5.26 Å². The molecule has 0 fully saturated rings. The summed E-state index contributed by atoms with van der Waals surface area (Å²) < 4.78 is 2.09. The summed E-state index contributed by atoms with van der Waals surface area (Å²) in [5.74, 6) is 0.970. The molecule has 66 valence electrons. The molecule has 14 heavy (non-hydrogen) atoms. The van der Waals surface area contributed by atoms with E-state index in [0.29, 0.717) is 5.56 Å². The van der Waals surface area contributed by atoms with E-state index in [9.17, 15) is 0 Å². The first kappa shape index (κ1) is 7.34. The lowest BCUT2D eigenvalue weighted by Gasteiger charge is -1.96. The van der Waals surface area contributed by atoms with Crippen molar-refractivity contribution >= 4 is 0 Å². The van der Waals surface area contributed by atoms with Gasteiger partial charge in [-0.05, 0) is 17.7 Å². The molecule has 0 spiro atoms. The van der Waals surface area contributed by atoms with Crippen molar-refractivity contribution in [3.8, 4) is 17.5 Å². The zero-order valence-electron chi connectivity index (χ0n) is 7.44. The summed E-state index contributed by atoms with van der Waals surface area (Å²) in [4.78, 5) is 4.27. The number of hydrogen-bond donors (Lipinski definition) is 0. The number of benzene rings is 1. The number of rotatable bonds is 0. The second kappa shape index (κ2) is 2.46. The van der Waals surface area contributed by atoms with Crippen LogP contribution in [0.25, 0.3) is 11.4 Å². The molecule has 1 aromatic carbocycles. The highest BCUT2D eigenvalue weighted by Gasteiger charge is 2.18. The first-order chi connectivity index (χ1) is 6.88. The maximum absolute atomic E-state index is 8.79. The fourth-order valence-electron chi connectivity index (χ4n) is 1.86. The van der Waals surface area contributed by atoms with E-state index in [4.69, 9.17) is 5.26 Å². The molecule has 1 aliphatic heterocycles. The van der Waals surface area contributed by atoms with Gasteiger partial charge in [0.05, 0.1) is 11.6 Å². The Hall–Kier alpha value is -2.08. The van der Waals surface area contributed by atoms with Gasteiger partial charge >= 0.3 is 0 Å². The van der Waals surface area contributed by atoms with Crippen LogP contribution < -0.4 is 0 Å². The summed E-state index contributed by atoms with van der Waals surface area (Å²) in [5.41, 5.74) is 3.03. The number of nitrogens with zero attached hydrogens (tertiary/aromatic N) is 3. The lowest BCUT2D eigenvalue weighted by Crippen LogP contribution is -1.88. The van der Waals surface area contributed by atoms with Gasteiger partial charge in [0.1, 0.15) is 5.82 Å². The topological polar surface area (TPSA) is 41.6 Å². The van der Waals surface area contributed by atoms with Crippen LogP contribution in [0, 0.1) is 11.3 Å². The van der Waals surface area contributed by atoms with Crippen LogP contribution in [0.4, 0.5) is 0 Å². The molecule has 0 unspecified atom stereocenters. The van der Waals surface area contributed by atoms with Crippen molar-refractivity contribution < 1.29 is 0 Å². The highest BCUT2D eigenvalue weighted by molar-refractivity contribution is 5.66. The molecule has 0 amide bonds. The Labute approximate surface area is 81.2 Å². The summed E-state index contributed by atoms with van der Waals surface area (Å²) in [7, 11) is 0. The van der Waals surface area contributed by atoms with Crippen molar-refractivity contribution in [3.63, 3.8) is 0 Å². The van der Waals surface area contributed by atoms with Crippen molar-refractivity contribution in [2.45, 2.75) is 6.54 Å². The summed E-state index contributed by atoms with van der Waals surface area (Å²) in [6, 6.07) is 7.90. The highest BCUT2D eigenvalue weighted by atomic mass is 15.1. The molecule has 3 rings (SSSR count). The van der Waals surface area contributed by atoms with Gasteiger partial charge in [-0.15, -0.1) is 0 Å². The first-order valence-electron chi connectivity index (χ1n) is 4.43. The monoisotopic (exact) mass is 181 g/mol. The van der Waals surface area contributed by atoms with Gasteiger partial charge in [-0.2, -0.15) is 5.26 Å². The summed E-state index contributed by atoms with van der Waals surface area (Å²) >= 11 is 0. The molecule has 0 bridgehead atoms. The molecule has 0 radical (unpaired) electrons. The molecule has 2 heterocycles. The van der Waals surface area contributed by atoms with Crippen molar-refractivity contribution in [2.75, 3.05) is 0 Å². The van der Waals surface area contributed by atoms with Gasteiger partial charge in [0.25, 0.3) is 0 Å². The molecule has 3 heteroatoms. The van der Waals surface area contributed by atoms with E-state index in [-0.39, 0.29) is 0 Å². The molecule has 2 aromatic rings. The van der Waals surface area contributed by atoms with Crippen LogP contribution in [0.3, 0.4) is 0 Å². The Morgan fingerprint density at radius 2 is 2.36 bits per heavy atom. The van der Waals surface area contributed by atoms with E-state index in [1.807, 2.05) is 24.4 Å². The summed E-state index contributed by atoms with van der Waals surface area (Å²) in [6.07, 6.45) is 3.75. The number of imidazole rings is 1. The molecule has 0 aliphatic carbocycles. The highest BCUT2D eigenvalue weighted by Crippen LogP contribution is 2.30. The lowest BCUT2D eigenvalue weighted by atomic mass is 10.1. The van der Waals surface area contributed by atoms with Crippen LogP contribution in [0.2, 0.25) is 0 Å². The molecule has 0 N–H and O–H groups in total. The Bertz CT molecular complexity index is 546. The van der Waals surface area contributed by atoms with E-state index in [1.165, 1.54) is 5.56 Å². The number of aromatic nitrogens is 2. The molecule has 1 aromatic heterocycles. The molecule has 0 atom stereocenters. The lowest BCUT2D eigenvalue weighted by molar-refractivity contribution is 0.848. The quantitative estimate of drug-likeness (QED) is 0.530. The van der Waals surface area contributed by atoms with Gasteiger partial charge in [0, 0.05) is 24.5 Å². The largest absolute Gasteiger partial charge is 0.327 e. The minimum absolute atomic E-state index is 0.695. The van der Waals surface area contributed by atoms with Crippen LogP contribution in [0.1, 0.15) is 11.1 Å². The standard InChI is InChI=1S/C11H7N3/c12-6-8-1-2-9-7-14-4-3-13-11(14)10(9)5-8/h1-5H,7H2. The maximum Gasteiger partial charge on any atom is 0.140 e. The zero-order valence-corrected chi connectivity index (χ0v) is 7.44. The average molecular weight is 181 g/mol. The molecule has 0 saturated heterocycles. The summed E-state index contributed by atoms with van der Waals surface area (Å²) in [6.45, 7) is 0.871. The number of fused-ring (bicyclic) bond motifs is 3. The molecule has 1 aliphatic rings. The van der Waals surface area contributed by atoms with Gasteiger partial charge in [-0.1, -0.05) is 6.07 Å². The third kappa shape index (κ3) is 0.826. The second-order valence-corrected chi connectivity index (χ2v) is 3.36. The summed E-state index contributed by atoms with van der Waals surface area (Å²) in [5, 5.41) is 8.79. The molecular weight excluding hydrogens is 174 g/mol. The Kier molecular flexibility index (Phi) is 1.29. The van der Waals surface area contributed by atoms with Crippen molar-refractivity contribution in [2.24, 2.45) is 0 Å². The van der Waals surface area contributed by atoms with E-state index >= 15 is 0 Å². The normalized spacial score (nSPS) is 11.9. The smallest absolute Gasteiger partial charge is 0.140 e. The van der Waals surface area contributed by atoms with Gasteiger partial charge in [0.15, 0.2) is 0 Å². The van der Waals surface area contributed by atoms with Gasteiger partial charge in [0.2, 0.25) is 0 Å². The van der Waals surface area contributed by atoms with E-state index in [1.54, 1.807) is 6.20 Å². The van der Waals surface area contributed by atoms with Crippen LogP contribution in [-0.2, 0) is 6.54 Å². The molecular formula is C11H7N3. The fourth-order valence-corrected chi connectivity index (χ4v) is 1.86. The maximum atomic E-state index is 8.79. The molecule has 0 saturated carbocycles. The van der Waals surface area contributed by atoms with Gasteiger partial charge in [-0.25, -0.2) is 4.98 Å². The predicted octanol–water partition coefficient (Wildman–Crippen LogP) is 1.78. The first-order valence-corrected chi connectivity index (χ1v) is 4.43. The second-order valence-electron chi connectivity index (χ2n) is 3.36. The fraction of sp³-hybridized carbons (Fsp3) is 0.0909. The minimum atomic E-state index is 0.695. The van der Waals surface area contributed by atoms with E-state index < -0.39 is 0 Å². The number of nitriles is 1. The average Bonchev–Trinajstić information content (AvgIpc) is 2.76. The SMILES string of the molecule is N#Cc1ccc2c(c1)-c1nccn1C2. The third-order valence-corrected chi connectivity index (χ3v) is 2.54. The van der Waals surface area contributed by atoms with Crippen molar-refractivity contribution in [1.82, 2.24) is 9.55 Å². The van der Waals surface area contributed by atoms with Crippen LogP contribution in [-0.4, -0.2) is 9.55 Å². The van der Waals surface area contributed by atoms with E-state index in [0.717, 1.165) is 17.9 Å². The molecule has 3 nitrogen and oxygen atoms in total. The van der Waals surface area contributed by atoms with Crippen molar-refractivity contribution in [3.05, 3.63) is 41.7 Å². The number of hydrogen-bond acceptors (Lipinski definition) is 2. The van der Waals surface area contributed by atoms with Gasteiger partial charge < -0.3 is 4.57 Å². The Morgan fingerprint density at radius 1 is 1.43 bits per heavy atom. The van der Waals surface area contributed by atoms with Crippen LogP contribution in [0.15, 0.2) is 30.6 Å². The Morgan fingerprint density at radius 3 is 3.21 bits per heavy atom. The van der Waals surface area contributed by atoms with Crippen LogP contribution >= 0.6 is 0 Å².